The van der Waals surface area contributed by atoms with E-state index >= 15 is 0 Å². The van der Waals surface area contributed by atoms with Crippen LogP contribution in [0.15, 0.2) is 42.5 Å². The number of nitrogens with one attached hydrogen (secondary N) is 1. The van der Waals surface area contributed by atoms with Crippen LogP contribution in [0.1, 0.15) is 31.0 Å². The molecule has 0 aliphatic carbocycles. The Labute approximate surface area is 127 Å². The molecule has 0 saturated heterocycles. The quantitative estimate of drug-likeness (QED) is 0.734. The van der Waals surface area contributed by atoms with Gasteiger partial charge in [0.25, 0.3) is 0 Å². The lowest BCUT2D eigenvalue weighted by molar-refractivity contribution is 0.627. The average molecular weight is 369 g/mol. The minimum Gasteiger partial charge on any atom is -0.378 e. The largest absolute Gasteiger partial charge is 0.378 e. The molecular formula is C16H17FIN. The predicted molar refractivity (Wildman–Crippen MR) is 87.0 cm³/mol. The fourth-order valence-electron chi connectivity index (χ4n) is 1.97. The Morgan fingerprint density at radius 2 is 1.84 bits per heavy atom. The summed E-state index contributed by atoms with van der Waals surface area (Å²) in [4.78, 5) is 0. The van der Waals surface area contributed by atoms with Gasteiger partial charge in [-0.2, -0.15) is 0 Å². The Bertz CT molecular complexity index is 551. The maximum atomic E-state index is 13.1. The lowest BCUT2D eigenvalue weighted by Gasteiger charge is -2.17. The molecule has 100 valence electrons. The first kappa shape index (κ1) is 14.3. The van der Waals surface area contributed by atoms with E-state index in [4.69, 9.17) is 0 Å². The summed E-state index contributed by atoms with van der Waals surface area (Å²) >= 11 is 2.15. The number of benzene rings is 2. The van der Waals surface area contributed by atoms with Crippen molar-refractivity contribution in [2.45, 2.75) is 26.3 Å². The molecule has 0 spiro atoms. The number of hydrogen-bond donors (Lipinski definition) is 1. The van der Waals surface area contributed by atoms with Gasteiger partial charge in [0.05, 0.1) is 0 Å². The normalized spacial score (nSPS) is 12.2. The zero-order valence-electron chi connectivity index (χ0n) is 11.1. The Kier molecular flexibility index (Phi) is 4.80. The van der Waals surface area contributed by atoms with Crippen molar-refractivity contribution in [3.05, 3.63) is 63.0 Å². The summed E-state index contributed by atoms with van der Waals surface area (Å²) in [7, 11) is 0. The van der Waals surface area contributed by atoms with Crippen LogP contribution in [0, 0.1) is 9.39 Å². The Morgan fingerprint density at radius 3 is 2.42 bits per heavy atom. The molecule has 1 atom stereocenters. The number of hydrogen-bond acceptors (Lipinski definition) is 1. The van der Waals surface area contributed by atoms with Gasteiger partial charge in [-0.1, -0.05) is 31.2 Å². The van der Waals surface area contributed by atoms with Crippen molar-refractivity contribution < 1.29 is 4.39 Å². The van der Waals surface area contributed by atoms with Gasteiger partial charge in [-0.25, -0.2) is 4.39 Å². The fraction of sp³-hybridized carbons (Fsp3) is 0.250. The highest BCUT2D eigenvalue weighted by Gasteiger charge is 2.08. The van der Waals surface area contributed by atoms with Crippen LogP contribution in [0.4, 0.5) is 10.1 Å². The molecule has 2 rings (SSSR count). The van der Waals surface area contributed by atoms with Crippen molar-refractivity contribution in [3.63, 3.8) is 0 Å². The summed E-state index contributed by atoms with van der Waals surface area (Å²) in [6.07, 6.45) is 1.05. The molecular weight excluding hydrogens is 352 g/mol. The first-order valence-electron chi connectivity index (χ1n) is 6.40. The molecule has 0 heterocycles. The van der Waals surface area contributed by atoms with E-state index in [-0.39, 0.29) is 11.9 Å². The summed E-state index contributed by atoms with van der Waals surface area (Å²) in [5, 5.41) is 3.42. The van der Waals surface area contributed by atoms with Gasteiger partial charge in [-0.05, 0) is 65.3 Å². The van der Waals surface area contributed by atoms with Gasteiger partial charge in [0, 0.05) is 15.3 Å². The summed E-state index contributed by atoms with van der Waals surface area (Å²) in [5.74, 6) is -0.199. The predicted octanol–water partition coefficient (Wildman–Crippen LogP) is 5.17. The molecule has 0 aliphatic heterocycles. The summed E-state index contributed by atoms with van der Waals surface area (Å²) in [6.45, 7) is 4.26. The SMILES string of the molecule is CCc1ccc(C(C)Nc2ccc(F)cc2I)cc1. The number of rotatable bonds is 4. The zero-order valence-corrected chi connectivity index (χ0v) is 13.2. The van der Waals surface area contributed by atoms with Gasteiger partial charge in [0.15, 0.2) is 0 Å². The summed E-state index contributed by atoms with van der Waals surface area (Å²) in [6, 6.07) is 13.6. The molecule has 1 N–H and O–H groups in total. The standard InChI is InChI=1S/C16H17FIN/c1-3-12-4-6-13(7-5-12)11(2)19-16-9-8-14(17)10-15(16)18/h4-11,19H,3H2,1-2H3. The molecule has 2 aromatic carbocycles. The lowest BCUT2D eigenvalue weighted by Crippen LogP contribution is -2.07. The van der Waals surface area contributed by atoms with Crippen LogP contribution in [0.2, 0.25) is 0 Å². The molecule has 0 bridgehead atoms. The Morgan fingerprint density at radius 1 is 1.16 bits per heavy atom. The van der Waals surface area contributed by atoms with E-state index in [2.05, 4.69) is 66.0 Å². The highest BCUT2D eigenvalue weighted by molar-refractivity contribution is 14.1. The molecule has 0 radical (unpaired) electrons. The van der Waals surface area contributed by atoms with Crippen LogP contribution in [0.3, 0.4) is 0 Å². The lowest BCUT2D eigenvalue weighted by atomic mass is 10.0. The van der Waals surface area contributed by atoms with Crippen molar-refractivity contribution in [1.29, 1.82) is 0 Å². The van der Waals surface area contributed by atoms with Gasteiger partial charge >= 0.3 is 0 Å². The molecule has 0 saturated carbocycles. The highest BCUT2D eigenvalue weighted by Crippen LogP contribution is 2.24. The minimum atomic E-state index is -0.199. The highest BCUT2D eigenvalue weighted by atomic mass is 127. The number of anilines is 1. The Balaban J connectivity index is 2.13. The zero-order chi connectivity index (χ0) is 13.8. The van der Waals surface area contributed by atoms with Gasteiger partial charge < -0.3 is 5.32 Å². The van der Waals surface area contributed by atoms with Gasteiger partial charge in [0.2, 0.25) is 0 Å². The third kappa shape index (κ3) is 3.69. The molecule has 1 nitrogen and oxygen atoms in total. The molecule has 0 aliphatic rings. The van der Waals surface area contributed by atoms with Gasteiger partial charge in [-0.15, -0.1) is 0 Å². The van der Waals surface area contributed by atoms with E-state index < -0.39 is 0 Å². The molecule has 0 fully saturated rings. The molecule has 0 amide bonds. The van der Waals surface area contributed by atoms with Crippen LogP contribution in [-0.4, -0.2) is 0 Å². The molecule has 2 aromatic rings. The van der Waals surface area contributed by atoms with Crippen LogP contribution < -0.4 is 5.32 Å². The smallest absolute Gasteiger partial charge is 0.124 e. The van der Waals surface area contributed by atoms with Crippen LogP contribution in [0.25, 0.3) is 0 Å². The molecule has 1 unspecified atom stereocenters. The maximum Gasteiger partial charge on any atom is 0.124 e. The van der Waals surface area contributed by atoms with Crippen LogP contribution in [0.5, 0.6) is 0 Å². The maximum absolute atomic E-state index is 13.1. The van der Waals surface area contributed by atoms with E-state index in [1.165, 1.54) is 23.3 Å². The third-order valence-electron chi connectivity index (χ3n) is 3.19. The van der Waals surface area contributed by atoms with Gasteiger partial charge in [-0.3, -0.25) is 0 Å². The second-order valence-corrected chi connectivity index (χ2v) is 5.75. The third-order valence-corrected chi connectivity index (χ3v) is 4.08. The van der Waals surface area contributed by atoms with Crippen molar-refractivity contribution in [3.8, 4) is 0 Å². The second-order valence-electron chi connectivity index (χ2n) is 4.59. The summed E-state index contributed by atoms with van der Waals surface area (Å²) in [5.41, 5.74) is 3.54. The van der Waals surface area contributed by atoms with Crippen molar-refractivity contribution in [2.24, 2.45) is 0 Å². The number of aryl methyl sites for hydroxylation is 1. The van der Waals surface area contributed by atoms with Crippen LogP contribution in [-0.2, 0) is 6.42 Å². The number of halogens is 2. The van der Waals surface area contributed by atoms with E-state index in [0.29, 0.717) is 0 Å². The van der Waals surface area contributed by atoms with Gasteiger partial charge in [0.1, 0.15) is 5.82 Å². The van der Waals surface area contributed by atoms with Crippen molar-refractivity contribution >= 4 is 28.3 Å². The van der Waals surface area contributed by atoms with Crippen molar-refractivity contribution in [2.75, 3.05) is 5.32 Å². The summed E-state index contributed by atoms with van der Waals surface area (Å²) < 4.78 is 14.0. The topological polar surface area (TPSA) is 12.0 Å². The first-order chi connectivity index (χ1) is 9.10. The molecule has 19 heavy (non-hydrogen) atoms. The average Bonchev–Trinajstić information content (AvgIpc) is 2.42. The van der Waals surface area contributed by atoms with E-state index in [0.717, 1.165) is 15.7 Å². The van der Waals surface area contributed by atoms with Crippen molar-refractivity contribution in [1.82, 2.24) is 0 Å². The minimum absolute atomic E-state index is 0.199. The first-order valence-corrected chi connectivity index (χ1v) is 7.48. The monoisotopic (exact) mass is 369 g/mol. The Hall–Kier alpha value is -1.10. The molecule has 0 aromatic heterocycles. The van der Waals surface area contributed by atoms with E-state index in [1.807, 2.05) is 0 Å². The van der Waals surface area contributed by atoms with E-state index in [1.54, 1.807) is 6.07 Å². The second kappa shape index (κ2) is 6.37. The van der Waals surface area contributed by atoms with Crippen LogP contribution >= 0.6 is 22.6 Å². The molecule has 3 heteroatoms. The van der Waals surface area contributed by atoms with E-state index in [9.17, 15) is 4.39 Å². The fourth-order valence-corrected chi connectivity index (χ4v) is 2.60.